The van der Waals surface area contributed by atoms with Crippen molar-refractivity contribution < 1.29 is 14.7 Å². The summed E-state index contributed by atoms with van der Waals surface area (Å²) < 4.78 is 0. The number of amides is 1. The van der Waals surface area contributed by atoms with Crippen molar-refractivity contribution in [3.63, 3.8) is 0 Å². The first kappa shape index (κ1) is 14.4. The first-order valence-corrected chi connectivity index (χ1v) is 8.02. The minimum atomic E-state index is -0.880. The molecule has 0 aliphatic carbocycles. The highest BCUT2D eigenvalue weighted by atomic mass is 32.2. The van der Waals surface area contributed by atoms with Crippen molar-refractivity contribution in [2.24, 2.45) is 5.73 Å². The van der Waals surface area contributed by atoms with E-state index < -0.39 is 12.0 Å². The topological polar surface area (TPSA) is 83.6 Å². The Bertz CT molecular complexity index is 450. The van der Waals surface area contributed by atoms with Crippen LogP contribution in [0.4, 0.5) is 0 Å². The molecule has 0 saturated carbocycles. The molecule has 2 atom stereocenters. The van der Waals surface area contributed by atoms with E-state index in [1.165, 1.54) is 11.3 Å². The summed E-state index contributed by atoms with van der Waals surface area (Å²) in [5, 5.41) is 10.8. The Morgan fingerprint density at radius 3 is 3.00 bits per heavy atom. The summed E-state index contributed by atoms with van der Waals surface area (Å²) in [7, 11) is 0. The molecule has 2 heterocycles. The molecule has 3 N–H and O–H groups in total. The maximum atomic E-state index is 12.4. The quantitative estimate of drug-likeness (QED) is 0.872. The number of carboxylic acids is 1. The molecule has 2 unspecified atom stereocenters. The number of thioether (sulfide) groups is 1. The van der Waals surface area contributed by atoms with Gasteiger partial charge >= 0.3 is 5.97 Å². The molecular weight excluding hydrogens is 284 g/mol. The van der Waals surface area contributed by atoms with Crippen molar-refractivity contribution in [1.29, 1.82) is 0 Å². The number of nitrogens with zero attached hydrogens (tertiary/aromatic N) is 1. The maximum Gasteiger partial charge on any atom is 0.305 e. The predicted molar refractivity (Wildman–Crippen MR) is 76.3 cm³/mol. The van der Waals surface area contributed by atoms with Gasteiger partial charge in [0.2, 0.25) is 5.91 Å². The summed E-state index contributed by atoms with van der Waals surface area (Å²) in [5.41, 5.74) is 5.97. The van der Waals surface area contributed by atoms with Gasteiger partial charge in [0.15, 0.2) is 0 Å². The van der Waals surface area contributed by atoms with Gasteiger partial charge < -0.3 is 15.7 Å². The van der Waals surface area contributed by atoms with Crippen LogP contribution in [0.15, 0.2) is 17.5 Å². The van der Waals surface area contributed by atoms with Crippen molar-refractivity contribution in [2.75, 3.05) is 18.1 Å². The second kappa shape index (κ2) is 6.40. The largest absolute Gasteiger partial charge is 0.481 e. The minimum Gasteiger partial charge on any atom is -0.481 e. The van der Waals surface area contributed by atoms with Crippen molar-refractivity contribution in [1.82, 2.24) is 4.90 Å². The van der Waals surface area contributed by atoms with E-state index >= 15 is 0 Å². The molecule has 0 radical (unpaired) electrons. The van der Waals surface area contributed by atoms with Crippen molar-refractivity contribution in [3.05, 3.63) is 22.4 Å². The molecule has 1 aromatic rings. The lowest BCUT2D eigenvalue weighted by Crippen LogP contribution is -2.50. The third-order valence-electron chi connectivity index (χ3n) is 3.04. The molecule has 2 rings (SSSR count). The molecule has 0 aromatic carbocycles. The van der Waals surface area contributed by atoms with Crippen LogP contribution in [0.3, 0.4) is 0 Å². The number of carboxylic acid groups (broad SMARTS) is 1. The Hall–Kier alpha value is -1.05. The fraction of sp³-hybridized carbons (Fsp3) is 0.500. The second-order valence-corrected chi connectivity index (χ2v) is 6.48. The zero-order chi connectivity index (χ0) is 13.8. The maximum absolute atomic E-state index is 12.4. The predicted octanol–water partition coefficient (Wildman–Crippen LogP) is 1.17. The average molecular weight is 300 g/mol. The highest BCUT2D eigenvalue weighted by molar-refractivity contribution is 7.99. The van der Waals surface area contributed by atoms with Crippen molar-refractivity contribution in [3.8, 4) is 0 Å². The van der Waals surface area contributed by atoms with Gasteiger partial charge in [-0.1, -0.05) is 6.07 Å². The lowest BCUT2D eigenvalue weighted by atomic mass is 10.1. The van der Waals surface area contributed by atoms with E-state index in [-0.39, 0.29) is 18.4 Å². The molecule has 1 saturated heterocycles. The zero-order valence-electron chi connectivity index (χ0n) is 10.3. The summed E-state index contributed by atoms with van der Waals surface area (Å²) in [5.74, 6) is 0.442. The Morgan fingerprint density at radius 1 is 1.58 bits per heavy atom. The molecule has 19 heavy (non-hydrogen) atoms. The van der Waals surface area contributed by atoms with E-state index in [4.69, 9.17) is 10.8 Å². The van der Waals surface area contributed by atoms with E-state index in [1.807, 2.05) is 17.5 Å². The van der Waals surface area contributed by atoms with Gasteiger partial charge in [-0.2, -0.15) is 11.8 Å². The van der Waals surface area contributed by atoms with E-state index in [1.54, 1.807) is 16.7 Å². The van der Waals surface area contributed by atoms with E-state index in [0.717, 1.165) is 10.6 Å². The van der Waals surface area contributed by atoms with Gasteiger partial charge in [-0.3, -0.25) is 9.59 Å². The molecule has 5 nitrogen and oxygen atoms in total. The third kappa shape index (κ3) is 3.49. The number of thiophene rings is 1. The lowest BCUT2D eigenvalue weighted by Gasteiger charge is -2.36. The number of carbonyl (C=O) groups excluding carboxylic acids is 1. The number of rotatable bonds is 4. The lowest BCUT2D eigenvalue weighted by molar-refractivity contribution is -0.140. The van der Waals surface area contributed by atoms with Crippen LogP contribution in [0.1, 0.15) is 17.3 Å². The van der Waals surface area contributed by atoms with Gasteiger partial charge in [-0.25, -0.2) is 0 Å². The van der Waals surface area contributed by atoms with Gasteiger partial charge in [-0.05, 0) is 11.4 Å². The van der Waals surface area contributed by atoms with Gasteiger partial charge in [0.1, 0.15) is 6.04 Å². The number of hydrogen-bond donors (Lipinski definition) is 2. The summed E-state index contributed by atoms with van der Waals surface area (Å²) in [6, 6.07) is 2.75. The summed E-state index contributed by atoms with van der Waals surface area (Å²) in [4.78, 5) is 25.7. The van der Waals surface area contributed by atoms with Crippen LogP contribution in [0.2, 0.25) is 0 Å². The standard InChI is InChI=1S/C12H16N2O3S2/c13-11(9-2-1-4-19-9)12(17)14-3-5-18-7-8(14)6-10(15)16/h1-2,4,8,11H,3,5-7,13H2,(H,15,16). The highest BCUT2D eigenvalue weighted by Gasteiger charge is 2.32. The van der Waals surface area contributed by atoms with E-state index in [0.29, 0.717) is 12.3 Å². The normalized spacial score (nSPS) is 21.1. The number of carbonyl (C=O) groups is 2. The van der Waals surface area contributed by atoms with Crippen LogP contribution in [-0.2, 0) is 9.59 Å². The Kier molecular flexibility index (Phi) is 4.84. The monoisotopic (exact) mass is 300 g/mol. The third-order valence-corrected chi connectivity index (χ3v) is 5.08. The van der Waals surface area contributed by atoms with Crippen LogP contribution in [0, 0.1) is 0 Å². The molecule has 1 aliphatic rings. The Morgan fingerprint density at radius 2 is 2.37 bits per heavy atom. The molecule has 0 spiro atoms. The number of hydrogen-bond acceptors (Lipinski definition) is 5. The van der Waals surface area contributed by atoms with Crippen molar-refractivity contribution in [2.45, 2.75) is 18.5 Å². The minimum absolute atomic E-state index is 0.0180. The molecule has 104 valence electrons. The average Bonchev–Trinajstić information content (AvgIpc) is 2.91. The first-order valence-electron chi connectivity index (χ1n) is 5.98. The Labute approximate surface area is 119 Å². The Balaban J connectivity index is 2.08. The molecule has 0 bridgehead atoms. The molecule has 1 aliphatic heterocycles. The fourth-order valence-corrected chi connectivity index (χ4v) is 3.87. The molecule has 1 fully saturated rings. The number of aliphatic carboxylic acids is 1. The van der Waals surface area contributed by atoms with Crippen LogP contribution >= 0.6 is 23.1 Å². The molecule has 1 aromatic heterocycles. The summed E-state index contributed by atoms with van der Waals surface area (Å²) in [6.45, 7) is 0.570. The molecular formula is C12H16N2O3S2. The van der Waals surface area contributed by atoms with Gasteiger partial charge in [0.25, 0.3) is 0 Å². The zero-order valence-corrected chi connectivity index (χ0v) is 12.0. The van der Waals surface area contributed by atoms with Crippen molar-refractivity contribution >= 4 is 35.0 Å². The first-order chi connectivity index (χ1) is 9.09. The second-order valence-electron chi connectivity index (χ2n) is 4.35. The van der Waals surface area contributed by atoms with E-state index in [2.05, 4.69) is 0 Å². The van der Waals surface area contributed by atoms with Gasteiger partial charge in [0, 0.05) is 22.9 Å². The molecule has 7 heteroatoms. The molecule has 1 amide bonds. The van der Waals surface area contributed by atoms with Crippen LogP contribution < -0.4 is 5.73 Å². The summed E-state index contributed by atoms with van der Waals surface area (Å²) in [6.07, 6.45) is -0.0180. The van der Waals surface area contributed by atoms with Crippen LogP contribution in [-0.4, -0.2) is 46.0 Å². The van der Waals surface area contributed by atoms with Crippen LogP contribution in [0.5, 0.6) is 0 Å². The SMILES string of the molecule is NC(C(=O)N1CCSCC1CC(=O)O)c1cccs1. The van der Waals surface area contributed by atoms with Crippen LogP contribution in [0.25, 0.3) is 0 Å². The number of nitrogens with two attached hydrogens (primary N) is 1. The van der Waals surface area contributed by atoms with Gasteiger partial charge in [-0.15, -0.1) is 11.3 Å². The fourth-order valence-electron chi connectivity index (χ4n) is 2.08. The highest BCUT2D eigenvalue weighted by Crippen LogP contribution is 2.24. The smallest absolute Gasteiger partial charge is 0.305 e. The van der Waals surface area contributed by atoms with E-state index in [9.17, 15) is 9.59 Å². The summed E-state index contributed by atoms with van der Waals surface area (Å²) >= 11 is 3.12. The van der Waals surface area contributed by atoms with Gasteiger partial charge in [0.05, 0.1) is 12.5 Å².